The van der Waals surface area contributed by atoms with E-state index in [1.54, 1.807) is 59.1 Å². The molecule has 1 saturated heterocycles. The summed E-state index contributed by atoms with van der Waals surface area (Å²) in [5, 5.41) is 7.17. The lowest BCUT2D eigenvalue weighted by atomic mass is 10.0. The first kappa shape index (κ1) is 43.2. The molecule has 4 N–H and O–H groups in total. The number of nitrogens with zero attached hydrogens (tertiary/aromatic N) is 4. The Hall–Kier alpha value is -5.36. The van der Waals surface area contributed by atoms with E-state index < -0.39 is 30.3 Å². The highest BCUT2D eigenvalue weighted by Gasteiger charge is 2.38. The Balaban J connectivity index is 1.29. The van der Waals surface area contributed by atoms with E-state index in [0.717, 1.165) is 60.6 Å². The predicted molar refractivity (Wildman–Crippen MR) is 228 cm³/mol. The van der Waals surface area contributed by atoms with Gasteiger partial charge in [-0.1, -0.05) is 34.6 Å². The van der Waals surface area contributed by atoms with Crippen LogP contribution in [0.3, 0.4) is 0 Å². The number of rotatable bonds is 15. The summed E-state index contributed by atoms with van der Waals surface area (Å²) in [7, 11) is 5.88. The Kier molecular flexibility index (Phi) is 13.4. The monoisotopic (exact) mass is 850 g/mol. The zero-order chi connectivity index (χ0) is 42.7. The molecule has 0 radical (unpaired) electrons. The normalized spacial score (nSPS) is 15.7. The Bertz CT molecular complexity index is 2250. The number of hydrogen-bond acceptors (Lipinski definition) is 12. The summed E-state index contributed by atoms with van der Waals surface area (Å²) in [6.45, 7) is 12.5. The van der Waals surface area contributed by atoms with Gasteiger partial charge in [0.25, 0.3) is 0 Å². The number of aromatic nitrogens is 4. The number of benzene rings is 1. The van der Waals surface area contributed by atoms with Gasteiger partial charge in [-0.3, -0.25) is 9.59 Å². The Morgan fingerprint density at radius 3 is 1.90 bits per heavy atom. The molecule has 4 atom stereocenters. The molecule has 1 aliphatic rings. The number of carbonyl (C=O) groups is 4. The molecule has 5 heterocycles. The Labute approximate surface area is 351 Å². The van der Waals surface area contributed by atoms with Crippen molar-refractivity contribution in [3.05, 3.63) is 36.2 Å². The number of imidazole rings is 2. The van der Waals surface area contributed by atoms with Crippen molar-refractivity contribution >= 4 is 66.8 Å². The van der Waals surface area contributed by atoms with Gasteiger partial charge in [-0.15, -0.1) is 22.7 Å². The van der Waals surface area contributed by atoms with E-state index in [1.165, 1.54) is 14.2 Å². The van der Waals surface area contributed by atoms with Gasteiger partial charge in [0.2, 0.25) is 11.8 Å². The molecule has 318 valence electrons. The minimum absolute atomic E-state index is 0.134. The van der Waals surface area contributed by atoms with E-state index in [-0.39, 0.29) is 29.7 Å². The standard InChI is InChI=1S/C41H54N8O8S2/c1-11-14-48(38(50)30(20(2)3)46-40(52)56-9)22(6)36-42-18-25(44-36)28-16-23-32(54-7)35-24(33(55-8)34(23)58-28)17-29(59-35)26-19-43-37(45-26)27-13-12-15-49(27)39(51)31(21(4)5)47-41(53)57-10/h16-22,27,30-31H,11-15H2,1-10H3,(H,42,44)(H,43,45)(H,46,52)(H,47,53). The second-order valence-corrected chi connectivity index (χ2v) is 17.4. The summed E-state index contributed by atoms with van der Waals surface area (Å²) in [5.74, 6) is 2.06. The number of nitrogens with one attached hydrogen (secondary N) is 4. The molecule has 0 spiro atoms. The summed E-state index contributed by atoms with van der Waals surface area (Å²) in [5.41, 5.74) is 1.58. The first-order valence-corrected chi connectivity index (χ1v) is 21.4. The molecule has 1 aromatic carbocycles. The average molecular weight is 851 g/mol. The van der Waals surface area contributed by atoms with Crippen LogP contribution in [-0.4, -0.2) is 107 Å². The van der Waals surface area contributed by atoms with Crippen molar-refractivity contribution < 1.29 is 38.1 Å². The highest BCUT2D eigenvalue weighted by atomic mass is 32.1. The third-order valence-corrected chi connectivity index (χ3v) is 13.1. The van der Waals surface area contributed by atoms with E-state index in [0.29, 0.717) is 36.2 Å². The lowest BCUT2D eigenvalue weighted by molar-refractivity contribution is -0.137. The van der Waals surface area contributed by atoms with Gasteiger partial charge in [0.1, 0.15) is 35.2 Å². The van der Waals surface area contributed by atoms with Crippen molar-refractivity contribution in [2.45, 2.75) is 85.0 Å². The van der Waals surface area contributed by atoms with E-state index >= 15 is 0 Å². The summed E-state index contributed by atoms with van der Waals surface area (Å²) in [4.78, 5) is 73.4. The molecule has 0 bridgehead atoms. The molecule has 16 nitrogen and oxygen atoms in total. The van der Waals surface area contributed by atoms with E-state index in [2.05, 4.69) is 32.7 Å². The van der Waals surface area contributed by atoms with Crippen LogP contribution in [0.4, 0.5) is 9.59 Å². The second-order valence-electron chi connectivity index (χ2n) is 15.3. The number of H-pyrrole nitrogens is 2. The molecule has 59 heavy (non-hydrogen) atoms. The number of thiophene rings is 2. The fourth-order valence-corrected chi connectivity index (χ4v) is 9.95. The SMILES string of the molecule is CCCN(C(=O)C(NC(=O)OC)C(C)C)C(C)c1ncc(-c2cc3c(OC)c4sc(-c5cnc(C6CCCN6C(=O)C(NC(=O)OC)C(C)C)[nH]5)cc4c(OC)c3s2)[nH]1. The van der Waals surface area contributed by atoms with Crippen LogP contribution in [0.25, 0.3) is 41.3 Å². The zero-order valence-electron chi connectivity index (χ0n) is 35.2. The largest absolute Gasteiger partial charge is 0.495 e. The third kappa shape index (κ3) is 8.55. The van der Waals surface area contributed by atoms with E-state index in [4.69, 9.17) is 28.9 Å². The molecular weight excluding hydrogens is 797 g/mol. The summed E-state index contributed by atoms with van der Waals surface area (Å²) in [6, 6.07) is 1.99. The topological polar surface area (TPSA) is 193 Å². The molecule has 4 unspecified atom stereocenters. The van der Waals surface area contributed by atoms with Crippen molar-refractivity contribution in [1.29, 1.82) is 0 Å². The fourth-order valence-electron chi connectivity index (χ4n) is 7.63. The molecule has 4 amide bonds. The smallest absolute Gasteiger partial charge is 0.407 e. The van der Waals surface area contributed by atoms with Crippen LogP contribution in [-0.2, 0) is 19.1 Å². The maximum Gasteiger partial charge on any atom is 0.407 e. The van der Waals surface area contributed by atoms with Crippen LogP contribution in [0.1, 0.15) is 84.5 Å². The molecule has 0 aliphatic carbocycles. The first-order chi connectivity index (χ1) is 28.3. The highest BCUT2D eigenvalue weighted by molar-refractivity contribution is 7.24. The number of methoxy groups -OCH3 is 4. The van der Waals surface area contributed by atoms with Crippen LogP contribution in [0, 0.1) is 11.8 Å². The van der Waals surface area contributed by atoms with Crippen molar-refractivity contribution in [3.8, 4) is 32.6 Å². The number of aromatic amines is 2. The summed E-state index contributed by atoms with van der Waals surface area (Å²) in [6.07, 6.45) is 4.54. The first-order valence-electron chi connectivity index (χ1n) is 19.8. The average Bonchev–Trinajstić information content (AvgIpc) is 4.07. The lowest BCUT2D eigenvalue weighted by Crippen LogP contribution is -2.52. The van der Waals surface area contributed by atoms with Gasteiger partial charge in [0, 0.05) is 23.9 Å². The van der Waals surface area contributed by atoms with Crippen molar-refractivity contribution in [2.75, 3.05) is 41.5 Å². The molecule has 4 aromatic heterocycles. The molecular formula is C41H54N8O8S2. The molecule has 0 saturated carbocycles. The third-order valence-electron chi connectivity index (χ3n) is 10.7. The molecule has 18 heteroatoms. The maximum absolute atomic E-state index is 13.8. The van der Waals surface area contributed by atoms with Crippen LogP contribution >= 0.6 is 22.7 Å². The predicted octanol–water partition coefficient (Wildman–Crippen LogP) is 7.64. The zero-order valence-corrected chi connectivity index (χ0v) is 36.8. The van der Waals surface area contributed by atoms with E-state index in [1.807, 2.05) is 41.5 Å². The van der Waals surface area contributed by atoms with Gasteiger partial charge in [0.05, 0.1) is 83.5 Å². The number of ether oxygens (including phenoxy) is 4. The number of likely N-dealkylation sites (tertiary alicyclic amines) is 1. The van der Waals surface area contributed by atoms with Crippen LogP contribution in [0.5, 0.6) is 11.5 Å². The van der Waals surface area contributed by atoms with Gasteiger partial charge in [0.15, 0.2) is 0 Å². The van der Waals surface area contributed by atoms with Gasteiger partial charge in [-0.25, -0.2) is 19.6 Å². The summed E-state index contributed by atoms with van der Waals surface area (Å²) >= 11 is 3.10. The Morgan fingerprint density at radius 2 is 1.37 bits per heavy atom. The van der Waals surface area contributed by atoms with Gasteiger partial charge in [-0.2, -0.15) is 0 Å². The number of alkyl carbamates (subject to hydrolysis) is 2. The number of amides is 4. The van der Waals surface area contributed by atoms with Gasteiger partial charge in [-0.05, 0) is 50.2 Å². The minimum atomic E-state index is -0.757. The Morgan fingerprint density at radius 1 is 0.831 bits per heavy atom. The van der Waals surface area contributed by atoms with Gasteiger partial charge >= 0.3 is 12.2 Å². The van der Waals surface area contributed by atoms with Crippen LogP contribution in [0.2, 0.25) is 0 Å². The van der Waals surface area contributed by atoms with Gasteiger partial charge < -0.3 is 49.3 Å². The number of carbonyl (C=O) groups excluding carboxylic acids is 4. The number of fused-ring (bicyclic) bond motifs is 2. The van der Waals surface area contributed by atoms with E-state index in [9.17, 15) is 19.2 Å². The van der Waals surface area contributed by atoms with Crippen molar-refractivity contribution in [3.63, 3.8) is 0 Å². The molecule has 1 fully saturated rings. The molecule has 1 aliphatic heterocycles. The van der Waals surface area contributed by atoms with Crippen LogP contribution < -0.4 is 20.1 Å². The minimum Gasteiger partial charge on any atom is -0.495 e. The maximum atomic E-state index is 13.8. The second kappa shape index (κ2) is 18.3. The molecule has 6 rings (SSSR count). The summed E-state index contributed by atoms with van der Waals surface area (Å²) < 4.78 is 23.6. The lowest BCUT2D eigenvalue weighted by Gasteiger charge is -2.33. The van der Waals surface area contributed by atoms with Crippen molar-refractivity contribution in [1.82, 2.24) is 40.4 Å². The molecule has 5 aromatic rings. The van der Waals surface area contributed by atoms with Crippen LogP contribution in [0.15, 0.2) is 24.5 Å². The number of hydrogen-bond donors (Lipinski definition) is 4. The fraction of sp³-hybridized carbons (Fsp3) is 0.512. The van der Waals surface area contributed by atoms with Crippen molar-refractivity contribution in [2.24, 2.45) is 11.8 Å². The highest BCUT2D eigenvalue weighted by Crippen LogP contribution is 2.52. The quantitative estimate of drug-likeness (QED) is 0.0814.